The fraction of sp³-hybridized carbons (Fsp3) is 0.235. The molecule has 0 radical (unpaired) electrons. The number of hydrogen-bond acceptors (Lipinski definition) is 1. The fourth-order valence-corrected chi connectivity index (χ4v) is 2.29. The third-order valence-corrected chi connectivity index (χ3v) is 3.38. The minimum absolute atomic E-state index is 0.0502. The molecule has 0 atom stereocenters. The highest BCUT2D eigenvalue weighted by Crippen LogP contribution is 2.34. The van der Waals surface area contributed by atoms with Crippen LogP contribution in [0.1, 0.15) is 41.3 Å². The molecule has 0 aliphatic carbocycles. The van der Waals surface area contributed by atoms with Crippen molar-refractivity contribution < 1.29 is 22.4 Å². The zero-order chi connectivity index (χ0) is 17.2. The lowest BCUT2D eigenvalue weighted by molar-refractivity contribution is -0.138. The van der Waals surface area contributed by atoms with E-state index in [0.29, 0.717) is 11.8 Å². The minimum Gasteiger partial charge on any atom is -0.322 e. The summed E-state index contributed by atoms with van der Waals surface area (Å²) in [6, 6.07) is 9.18. The Hall–Kier alpha value is -2.37. The van der Waals surface area contributed by atoms with Crippen LogP contribution in [0.15, 0.2) is 42.5 Å². The van der Waals surface area contributed by atoms with Crippen LogP contribution in [-0.4, -0.2) is 5.91 Å². The second kappa shape index (κ2) is 6.40. The zero-order valence-corrected chi connectivity index (χ0v) is 12.5. The lowest BCUT2D eigenvalue weighted by Crippen LogP contribution is -2.21. The van der Waals surface area contributed by atoms with Crippen LogP contribution in [0.4, 0.5) is 23.2 Å². The number of para-hydroxylation sites is 1. The summed E-state index contributed by atoms with van der Waals surface area (Å²) in [5.74, 6) is -2.28. The van der Waals surface area contributed by atoms with Gasteiger partial charge in [0.05, 0.1) is 11.1 Å². The van der Waals surface area contributed by atoms with Crippen LogP contribution >= 0.6 is 0 Å². The molecule has 122 valence electrons. The van der Waals surface area contributed by atoms with E-state index in [-0.39, 0.29) is 5.92 Å². The summed E-state index contributed by atoms with van der Waals surface area (Å²) in [7, 11) is 0. The molecule has 0 saturated heterocycles. The molecule has 0 aliphatic rings. The first-order valence-corrected chi connectivity index (χ1v) is 6.97. The van der Waals surface area contributed by atoms with Gasteiger partial charge in [-0.2, -0.15) is 13.2 Å². The number of rotatable bonds is 3. The molecule has 0 saturated carbocycles. The van der Waals surface area contributed by atoms with E-state index < -0.39 is 29.0 Å². The Balaban J connectivity index is 2.44. The Kier molecular flexibility index (Phi) is 4.73. The molecule has 1 N–H and O–H groups in total. The van der Waals surface area contributed by atoms with Crippen molar-refractivity contribution in [2.45, 2.75) is 25.9 Å². The molecule has 0 bridgehead atoms. The van der Waals surface area contributed by atoms with Gasteiger partial charge in [0.25, 0.3) is 5.91 Å². The first kappa shape index (κ1) is 17.0. The Bertz CT molecular complexity index is 723. The minimum atomic E-state index is -4.81. The third kappa shape index (κ3) is 3.70. The maximum absolute atomic E-state index is 13.8. The van der Waals surface area contributed by atoms with Gasteiger partial charge in [-0.15, -0.1) is 0 Å². The molecule has 0 unspecified atom stereocenters. The molecule has 2 rings (SSSR count). The highest BCUT2D eigenvalue weighted by atomic mass is 19.4. The number of alkyl halides is 3. The Morgan fingerprint density at radius 3 is 2.30 bits per heavy atom. The predicted molar refractivity (Wildman–Crippen MR) is 79.9 cm³/mol. The largest absolute Gasteiger partial charge is 0.417 e. The molecule has 1 amide bonds. The second-order valence-corrected chi connectivity index (χ2v) is 5.36. The van der Waals surface area contributed by atoms with Gasteiger partial charge in [-0.05, 0) is 29.7 Å². The number of benzene rings is 2. The molecule has 0 aromatic heterocycles. The summed E-state index contributed by atoms with van der Waals surface area (Å²) >= 11 is 0. The van der Waals surface area contributed by atoms with Crippen molar-refractivity contribution in [3.05, 3.63) is 65.0 Å². The van der Waals surface area contributed by atoms with Gasteiger partial charge in [0.15, 0.2) is 0 Å². The molecule has 6 heteroatoms. The van der Waals surface area contributed by atoms with Crippen molar-refractivity contribution in [3.8, 4) is 0 Å². The van der Waals surface area contributed by atoms with Gasteiger partial charge in [0, 0.05) is 5.69 Å². The number of anilines is 1. The van der Waals surface area contributed by atoms with Gasteiger partial charge < -0.3 is 5.32 Å². The van der Waals surface area contributed by atoms with Gasteiger partial charge >= 0.3 is 6.18 Å². The fourth-order valence-electron chi connectivity index (χ4n) is 2.29. The number of carbonyl (C=O) groups excluding carboxylic acids is 1. The first-order valence-electron chi connectivity index (χ1n) is 6.97. The molecule has 0 fully saturated rings. The Morgan fingerprint density at radius 2 is 1.70 bits per heavy atom. The standard InChI is InChI=1S/C17H15F4NO/c1-10(2)11-6-3-4-9-14(11)22-16(23)15-12(17(19,20)21)7-5-8-13(15)18/h3-10H,1-2H3,(H,22,23). The van der Waals surface area contributed by atoms with Gasteiger partial charge in [0.2, 0.25) is 0 Å². The highest BCUT2D eigenvalue weighted by Gasteiger charge is 2.36. The van der Waals surface area contributed by atoms with E-state index >= 15 is 0 Å². The number of nitrogens with one attached hydrogen (secondary N) is 1. The van der Waals surface area contributed by atoms with Crippen LogP contribution < -0.4 is 5.32 Å². The Labute approximate surface area is 131 Å². The SMILES string of the molecule is CC(C)c1ccccc1NC(=O)c1c(F)cccc1C(F)(F)F. The van der Waals surface area contributed by atoms with E-state index in [1.54, 1.807) is 24.3 Å². The van der Waals surface area contributed by atoms with Crippen molar-refractivity contribution in [2.75, 3.05) is 5.32 Å². The summed E-state index contributed by atoms with van der Waals surface area (Å²) in [5.41, 5.74) is -1.18. The summed E-state index contributed by atoms with van der Waals surface area (Å²) in [5, 5.41) is 2.38. The highest BCUT2D eigenvalue weighted by molar-refractivity contribution is 6.06. The molecule has 2 nitrogen and oxygen atoms in total. The molecule has 0 heterocycles. The molecule has 2 aromatic carbocycles. The van der Waals surface area contributed by atoms with Crippen LogP contribution in [0, 0.1) is 5.82 Å². The lowest BCUT2D eigenvalue weighted by atomic mass is 10.0. The maximum Gasteiger partial charge on any atom is 0.417 e. The first-order chi connectivity index (χ1) is 10.7. The summed E-state index contributed by atoms with van der Waals surface area (Å²) < 4.78 is 52.8. The van der Waals surface area contributed by atoms with Crippen molar-refractivity contribution in [2.24, 2.45) is 0 Å². The van der Waals surface area contributed by atoms with Crippen LogP contribution in [0.2, 0.25) is 0 Å². The maximum atomic E-state index is 13.8. The number of halogens is 4. The zero-order valence-electron chi connectivity index (χ0n) is 12.5. The van der Waals surface area contributed by atoms with Gasteiger partial charge in [-0.3, -0.25) is 4.79 Å². The van der Waals surface area contributed by atoms with E-state index in [1.165, 1.54) is 0 Å². The Morgan fingerprint density at radius 1 is 1.04 bits per heavy atom. The monoisotopic (exact) mass is 325 g/mol. The smallest absolute Gasteiger partial charge is 0.322 e. The predicted octanol–water partition coefficient (Wildman–Crippen LogP) is 5.22. The van der Waals surface area contributed by atoms with Gasteiger partial charge in [0.1, 0.15) is 5.82 Å². The molecule has 2 aromatic rings. The number of carbonyl (C=O) groups is 1. The molecular formula is C17H15F4NO. The summed E-state index contributed by atoms with van der Waals surface area (Å²) in [4.78, 5) is 12.2. The van der Waals surface area contributed by atoms with Crippen LogP contribution in [-0.2, 0) is 6.18 Å². The van der Waals surface area contributed by atoms with E-state index in [9.17, 15) is 22.4 Å². The van der Waals surface area contributed by atoms with Crippen LogP contribution in [0.5, 0.6) is 0 Å². The second-order valence-electron chi connectivity index (χ2n) is 5.36. The van der Waals surface area contributed by atoms with Crippen molar-refractivity contribution in [1.82, 2.24) is 0 Å². The average molecular weight is 325 g/mol. The molecule has 23 heavy (non-hydrogen) atoms. The van der Waals surface area contributed by atoms with Gasteiger partial charge in [-0.25, -0.2) is 4.39 Å². The van der Waals surface area contributed by atoms with Crippen molar-refractivity contribution >= 4 is 11.6 Å². The summed E-state index contributed by atoms with van der Waals surface area (Å²) in [6.45, 7) is 3.77. The van der Waals surface area contributed by atoms with Crippen molar-refractivity contribution in [1.29, 1.82) is 0 Å². The topological polar surface area (TPSA) is 29.1 Å². The number of hydrogen-bond donors (Lipinski definition) is 1. The molecule has 0 aliphatic heterocycles. The average Bonchev–Trinajstić information content (AvgIpc) is 2.46. The van der Waals surface area contributed by atoms with E-state index in [4.69, 9.17) is 0 Å². The normalized spacial score (nSPS) is 11.6. The van der Waals surface area contributed by atoms with Crippen LogP contribution in [0.3, 0.4) is 0 Å². The van der Waals surface area contributed by atoms with E-state index in [2.05, 4.69) is 5.32 Å². The van der Waals surface area contributed by atoms with Crippen molar-refractivity contribution in [3.63, 3.8) is 0 Å². The third-order valence-electron chi connectivity index (χ3n) is 3.38. The van der Waals surface area contributed by atoms with E-state index in [1.807, 2.05) is 13.8 Å². The molecular weight excluding hydrogens is 310 g/mol. The van der Waals surface area contributed by atoms with Gasteiger partial charge in [-0.1, -0.05) is 38.1 Å². The quantitative estimate of drug-likeness (QED) is 0.770. The molecule has 0 spiro atoms. The number of amides is 1. The lowest BCUT2D eigenvalue weighted by Gasteiger charge is -2.16. The summed E-state index contributed by atoms with van der Waals surface area (Å²) in [6.07, 6.45) is -4.81. The van der Waals surface area contributed by atoms with Crippen LogP contribution in [0.25, 0.3) is 0 Å². The van der Waals surface area contributed by atoms with E-state index in [0.717, 1.165) is 17.7 Å².